The zero-order chi connectivity index (χ0) is 13.4. The summed E-state index contributed by atoms with van der Waals surface area (Å²) in [6, 6.07) is 9.80. The van der Waals surface area contributed by atoms with Crippen LogP contribution < -0.4 is 4.74 Å². The maximum atomic E-state index is 13.2. The lowest BCUT2D eigenvalue weighted by Crippen LogP contribution is -2.03. The van der Waals surface area contributed by atoms with Crippen LogP contribution in [0.2, 0.25) is 0 Å². The summed E-state index contributed by atoms with van der Waals surface area (Å²) in [5, 5.41) is 10.4. The predicted octanol–water partition coefficient (Wildman–Crippen LogP) is 3.60. The van der Waals surface area contributed by atoms with Gasteiger partial charge in [0.2, 0.25) is 0 Å². The van der Waals surface area contributed by atoms with Crippen molar-refractivity contribution in [2.45, 2.75) is 12.5 Å². The minimum atomic E-state index is -0.889. The standard InChI is InChI=1S/C15H12BrFO2/c16-11-6-10-4-5-19-15(10)13(8-11)14(18)9-2-1-3-12(17)7-9/h1-3,6-8,14,18H,4-5H2. The first kappa shape index (κ1) is 12.6. The van der Waals surface area contributed by atoms with E-state index in [1.807, 2.05) is 12.1 Å². The molecule has 0 amide bonds. The third-order valence-corrected chi connectivity index (χ3v) is 3.69. The Bertz CT molecular complexity index is 628. The SMILES string of the molecule is OC(c1cccc(F)c1)c1cc(Br)cc2c1OCC2. The number of ether oxygens (including phenoxy) is 1. The smallest absolute Gasteiger partial charge is 0.128 e. The zero-order valence-corrected chi connectivity index (χ0v) is 11.7. The van der Waals surface area contributed by atoms with Crippen molar-refractivity contribution >= 4 is 15.9 Å². The summed E-state index contributed by atoms with van der Waals surface area (Å²) in [7, 11) is 0. The number of fused-ring (bicyclic) bond motifs is 1. The van der Waals surface area contributed by atoms with Crippen LogP contribution in [0.15, 0.2) is 40.9 Å². The van der Waals surface area contributed by atoms with Crippen molar-refractivity contribution in [1.82, 2.24) is 0 Å². The van der Waals surface area contributed by atoms with E-state index in [9.17, 15) is 9.50 Å². The van der Waals surface area contributed by atoms with Crippen LogP contribution in [0.4, 0.5) is 4.39 Å². The van der Waals surface area contributed by atoms with E-state index < -0.39 is 6.10 Å². The lowest BCUT2D eigenvalue weighted by molar-refractivity contribution is 0.213. The molecule has 0 fully saturated rings. The quantitative estimate of drug-likeness (QED) is 0.915. The van der Waals surface area contributed by atoms with Crippen LogP contribution in [-0.2, 0) is 6.42 Å². The van der Waals surface area contributed by atoms with Gasteiger partial charge in [0.1, 0.15) is 17.7 Å². The summed E-state index contributed by atoms with van der Waals surface area (Å²) in [6.45, 7) is 0.620. The Morgan fingerprint density at radius 2 is 2.11 bits per heavy atom. The molecule has 98 valence electrons. The fourth-order valence-corrected chi connectivity index (χ4v) is 2.88. The summed E-state index contributed by atoms with van der Waals surface area (Å²) < 4.78 is 19.7. The first-order valence-electron chi connectivity index (χ1n) is 6.04. The molecule has 0 spiro atoms. The molecule has 3 rings (SSSR count). The Hall–Kier alpha value is -1.39. The molecule has 0 bridgehead atoms. The fourth-order valence-electron chi connectivity index (χ4n) is 2.36. The summed E-state index contributed by atoms with van der Waals surface area (Å²) in [5.41, 5.74) is 2.27. The van der Waals surface area contributed by atoms with Gasteiger partial charge >= 0.3 is 0 Å². The van der Waals surface area contributed by atoms with Gasteiger partial charge in [0, 0.05) is 16.5 Å². The van der Waals surface area contributed by atoms with E-state index in [1.54, 1.807) is 12.1 Å². The van der Waals surface area contributed by atoms with Crippen LogP contribution in [0.3, 0.4) is 0 Å². The first-order chi connectivity index (χ1) is 9.15. The van der Waals surface area contributed by atoms with E-state index in [1.165, 1.54) is 12.1 Å². The molecule has 1 aliphatic rings. The van der Waals surface area contributed by atoms with Gasteiger partial charge in [0.15, 0.2) is 0 Å². The molecule has 1 aliphatic heterocycles. The van der Waals surface area contributed by atoms with Crippen molar-refractivity contribution in [2.24, 2.45) is 0 Å². The van der Waals surface area contributed by atoms with E-state index in [0.29, 0.717) is 17.7 Å². The Balaban J connectivity index is 2.07. The summed E-state index contributed by atoms with van der Waals surface area (Å²) in [6.07, 6.45) is -0.0578. The number of hydrogen-bond donors (Lipinski definition) is 1. The molecule has 0 saturated heterocycles. The van der Waals surface area contributed by atoms with Crippen molar-refractivity contribution in [3.63, 3.8) is 0 Å². The van der Waals surface area contributed by atoms with Crippen molar-refractivity contribution < 1.29 is 14.2 Å². The Labute approximate surface area is 119 Å². The molecule has 1 heterocycles. The molecule has 1 atom stereocenters. The van der Waals surface area contributed by atoms with Gasteiger partial charge in [-0.15, -0.1) is 0 Å². The zero-order valence-electron chi connectivity index (χ0n) is 10.1. The van der Waals surface area contributed by atoms with Gasteiger partial charge in [-0.3, -0.25) is 0 Å². The summed E-state index contributed by atoms with van der Waals surface area (Å²) in [4.78, 5) is 0. The van der Waals surface area contributed by atoms with Crippen molar-refractivity contribution in [2.75, 3.05) is 6.61 Å². The highest BCUT2D eigenvalue weighted by molar-refractivity contribution is 9.10. The topological polar surface area (TPSA) is 29.5 Å². The molecule has 0 saturated carbocycles. The molecule has 0 radical (unpaired) electrons. The minimum absolute atomic E-state index is 0.357. The van der Waals surface area contributed by atoms with E-state index in [2.05, 4.69) is 15.9 Å². The number of hydrogen-bond acceptors (Lipinski definition) is 2. The molecular formula is C15H12BrFO2. The van der Waals surface area contributed by atoms with Gasteiger partial charge in [-0.25, -0.2) is 4.39 Å². The monoisotopic (exact) mass is 322 g/mol. The highest BCUT2D eigenvalue weighted by Crippen LogP contribution is 2.38. The van der Waals surface area contributed by atoms with Gasteiger partial charge in [-0.05, 0) is 35.4 Å². The molecule has 19 heavy (non-hydrogen) atoms. The normalized spacial score (nSPS) is 14.9. The largest absolute Gasteiger partial charge is 0.493 e. The Morgan fingerprint density at radius 3 is 2.89 bits per heavy atom. The van der Waals surface area contributed by atoms with Gasteiger partial charge in [0.05, 0.1) is 6.61 Å². The van der Waals surface area contributed by atoms with Crippen LogP contribution in [0.5, 0.6) is 5.75 Å². The summed E-state index contributed by atoms with van der Waals surface area (Å²) in [5.74, 6) is 0.365. The molecule has 2 nitrogen and oxygen atoms in total. The second-order valence-electron chi connectivity index (χ2n) is 4.54. The van der Waals surface area contributed by atoms with Crippen molar-refractivity contribution in [3.8, 4) is 5.75 Å². The third-order valence-electron chi connectivity index (χ3n) is 3.24. The van der Waals surface area contributed by atoms with Crippen molar-refractivity contribution in [1.29, 1.82) is 0 Å². The van der Waals surface area contributed by atoms with Crippen LogP contribution in [0.1, 0.15) is 22.8 Å². The van der Waals surface area contributed by atoms with E-state index in [4.69, 9.17) is 4.74 Å². The van der Waals surface area contributed by atoms with Crippen LogP contribution >= 0.6 is 15.9 Å². The van der Waals surface area contributed by atoms with Gasteiger partial charge in [-0.2, -0.15) is 0 Å². The van der Waals surface area contributed by atoms with Gasteiger partial charge < -0.3 is 9.84 Å². The number of aliphatic hydroxyl groups excluding tert-OH is 1. The molecular weight excluding hydrogens is 311 g/mol. The molecule has 2 aromatic rings. The maximum Gasteiger partial charge on any atom is 0.128 e. The minimum Gasteiger partial charge on any atom is -0.493 e. The molecule has 1 unspecified atom stereocenters. The van der Waals surface area contributed by atoms with Gasteiger partial charge in [-0.1, -0.05) is 28.1 Å². The molecule has 4 heteroatoms. The fraction of sp³-hybridized carbons (Fsp3) is 0.200. The van der Waals surface area contributed by atoms with Crippen molar-refractivity contribution in [3.05, 3.63) is 63.4 Å². The first-order valence-corrected chi connectivity index (χ1v) is 6.83. The van der Waals surface area contributed by atoms with E-state index in [-0.39, 0.29) is 5.82 Å². The number of halogens is 2. The number of rotatable bonds is 2. The third kappa shape index (κ3) is 2.38. The number of aliphatic hydroxyl groups is 1. The highest BCUT2D eigenvalue weighted by Gasteiger charge is 2.23. The average Bonchev–Trinajstić information content (AvgIpc) is 2.85. The lowest BCUT2D eigenvalue weighted by Gasteiger charge is -2.15. The van der Waals surface area contributed by atoms with Crippen LogP contribution in [0.25, 0.3) is 0 Å². The van der Waals surface area contributed by atoms with E-state index >= 15 is 0 Å². The van der Waals surface area contributed by atoms with Crippen LogP contribution in [-0.4, -0.2) is 11.7 Å². The molecule has 0 aliphatic carbocycles. The Kier molecular flexibility index (Phi) is 3.29. The molecule has 0 aromatic heterocycles. The second-order valence-corrected chi connectivity index (χ2v) is 5.45. The average molecular weight is 323 g/mol. The molecule has 1 N–H and O–H groups in total. The van der Waals surface area contributed by atoms with E-state index in [0.717, 1.165) is 22.2 Å². The van der Waals surface area contributed by atoms with Crippen LogP contribution in [0, 0.1) is 5.82 Å². The maximum absolute atomic E-state index is 13.2. The number of benzene rings is 2. The predicted molar refractivity (Wildman–Crippen MR) is 73.8 cm³/mol. The Morgan fingerprint density at radius 1 is 1.26 bits per heavy atom. The highest BCUT2D eigenvalue weighted by atomic mass is 79.9. The molecule has 2 aromatic carbocycles. The second kappa shape index (κ2) is 4.94. The lowest BCUT2D eigenvalue weighted by atomic mass is 9.98. The van der Waals surface area contributed by atoms with Gasteiger partial charge in [0.25, 0.3) is 0 Å². The summed E-state index contributed by atoms with van der Waals surface area (Å²) >= 11 is 3.43.